The number of aryl methyl sites for hydroxylation is 1. The van der Waals surface area contributed by atoms with E-state index in [0.29, 0.717) is 24.2 Å². The van der Waals surface area contributed by atoms with Crippen molar-refractivity contribution in [1.29, 1.82) is 5.26 Å². The summed E-state index contributed by atoms with van der Waals surface area (Å²) < 4.78 is 1.89. The number of hydrogen-bond donors (Lipinski definition) is 0. The number of amides is 1. The number of rotatable bonds is 4. The Morgan fingerprint density at radius 2 is 1.81 bits per heavy atom. The van der Waals surface area contributed by atoms with Gasteiger partial charge in [-0.05, 0) is 63.1 Å². The van der Waals surface area contributed by atoms with E-state index in [4.69, 9.17) is 10.2 Å². The third-order valence-corrected chi connectivity index (χ3v) is 6.85. The molecule has 0 bridgehead atoms. The van der Waals surface area contributed by atoms with Gasteiger partial charge in [0.15, 0.2) is 5.65 Å². The van der Waals surface area contributed by atoms with Gasteiger partial charge in [0.25, 0.3) is 5.91 Å². The first-order chi connectivity index (χ1) is 17.5. The van der Waals surface area contributed by atoms with Gasteiger partial charge < -0.3 is 9.80 Å². The van der Waals surface area contributed by atoms with E-state index in [-0.39, 0.29) is 11.9 Å². The zero-order valence-electron chi connectivity index (χ0n) is 21.0. The lowest BCUT2D eigenvalue weighted by Gasteiger charge is -2.24. The van der Waals surface area contributed by atoms with Crippen molar-refractivity contribution in [1.82, 2.24) is 19.7 Å². The molecule has 0 atom stereocenters. The molecular weight excluding hydrogens is 448 g/mol. The smallest absolute Gasteiger partial charge is 0.254 e. The molecule has 0 spiro atoms. The highest BCUT2D eigenvalue weighted by molar-refractivity contribution is 6.06. The summed E-state index contributed by atoms with van der Waals surface area (Å²) in [6, 6.07) is 20.0. The molecule has 3 heterocycles. The largest absolute Gasteiger partial charge is 0.370 e. The lowest BCUT2D eigenvalue weighted by Crippen LogP contribution is -2.35. The van der Waals surface area contributed by atoms with E-state index < -0.39 is 0 Å². The SMILES string of the molecule is Cc1ccccc1-c1cc(C(=O)N2CCCN(c3ccc(C#N)cc3)CC2)c2cnn(C(C)C)c2n1. The first kappa shape index (κ1) is 23.6. The van der Waals surface area contributed by atoms with Crippen molar-refractivity contribution < 1.29 is 4.79 Å². The van der Waals surface area contributed by atoms with Crippen molar-refractivity contribution in [3.8, 4) is 17.3 Å². The minimum atomic E-state index is 0.0159. The summed E-state index contributed by atoms with van der Waals surface area (Å²) in [5.74, 6) is 0.0159. The van der Waals surface area contributed by atoms with Gasteiger partial charge in [0.2, 0.25) is 0 Å². The minimum Gasteiger partial charge on any atom is -0.370 e. The number of benzene rings is 2. The van der Waals surface area contributed by atoms with Crippen LogP contribution in [-0.2, 0) is 0 Å². The summed E-state index contributed by atoms with van der Waals surface area (Å²) >= 11 is 0. The van der Waals surface area contributed by atoms with Crippen LogP contribution in [0.3, 0.4) is 0 Å². The van der Waals surface area contributed by atoms with Crippen LogP contribution in [0.4, 0.5) is 5.69 Å². The first-order valence-corrected chi connectivity index (χ1v) is 12.4. The highest BCUT2D eigenvalue weighted by Crippen LogP contribution is 2.29. The lowest BCUT2D eigenvalue weighted by molar-refractivity contribution is 0.0769. The normalized spacial score (nSPS) is 14.2. The van der Waals surface area contributed by atoms with Crippen LogP contribution in [0.25, 0.3) is 22.3 Å². The topological polar surface area (TPSA) is 78.0 Å². The van der Waals surface area contributed by atoms with Crippen LogP contribution in [-0.4, -0.2) is 51.8 Å². The van der Waals surface area contributed by atoms with Crippen LogP contribution >= 0.6 is 0 Å². The molecule has 2 aromatic heterocycles. The predicted molar refractivity (Wildman–Crippen MR) is 142 cm³/mol. The van der Waals surface area contributed by atoms with Gasteiger partial charge in [0, 0.05) is 43.5 Å². The van der Waals surface area contributed by atoms with E-state index in [1.807, 2.05) is 52.0 Å². The molecule has 1 aliphatic rings. The van der Waals surface area contributed by atoms with Crippen molar-refractivity contribution >= 4 is 22.6 Å². The van der Waals surface area contributed by atoms with Crippen LogP contribution in [0.15, 0.2) is 60.8 Å². The highest BCUT2D eigenvalue weighted by Gasteiger charge is 2.25. The number of fused-ring (bicyclic) bond motifs is 1. The quantitative estimate of drug-likeness (QED) is 0.402. The third kappa shape index (κ3) is 4.42. The molecule has 182 valence electrons. The Morgan fingerprint density at radius 1 is 1.03 bits per heavy atom. The fourth-order valence-electron chi connectivity index (χ4n) is 4.87. The Kier molecular flexibility index (Phi) is 6.43. The van der Waals surface area contributed by atoms with Crippen LogP contribution in [0, 0.1) is 18.3 Å². The number of carbonyl (C=O) groups is 1. The van der Waals surface area contributed by atoms with Gasteiger partial charge in [-0.1, -0.05) is 24.3 Å². The standard InChI is InChI=1S/C29H30N6O/c1-20(2)35-28-26(19-31-35)25(17-27(32-28)24-8-5-4-7-21(24)3)29(36)34-14-6-13-33(15-16-34)23-11-9-22(18-30)10-12-23/h4-5,7-12,17,19-20H,6,13-16H2,1-3H3. The summed E-state index contributed by atoms with van der Waals surface area (Å²) in [5, 5.41) is 14.5. The maximum absolute atomic E-state index is 13.9. The number of aromatic nitrogens is 3. The van der Waals surface area contributed by atoms with Gasteiger partial charge in [-0.2, -0.15) is 10.4 Å². The van der Waals surface area contributed by atoms with Gasteiger partial charge in [-0.3, -0.25) is 4.79 Å². The minimum absolute atomic E-state index is 0.0159. The summed E-state index contributed by atoms with van der Waals surface area (Å²) in [6.07, 6.45) is 2.65. The van der Waals surface area contributed by atoms with Crippen LogP contribution < -0.4 is 4.90 Å². The maximum Gasteiger partial charge on any atom is 0.254 e. The van der Waals surface area contributed by atoms with Crippen molar-refractivity contribution in [3.63, 3.8) is 0 Å². The van der Waals surface area contributed by atoms with E-state index in [2.05, 4.69) is 49.0 Å². The first-order valence-electron chi connectivity index (χ1n) is 12.4. The molecule has 0 unspecified atom stereocenters. The molecule has 0 aliphatic carbocycles. The molecule has 7 nitrogen and oxygen atoms in total. The van der Waals surface area contributed by atoms with Crippen molar-refractivity contribution in [2.45, 2.75) is 33.2 Å². The average Bonchev–Trinajstić information content (AvgIpc) is 3.18. The Morgan fingerprint density at radius 3 is 2.53 bits per heavy atom. The molecule has 7 heteroatoms. The molecule has 0 saturated carbocycles. The molecule has 2 aromatic carbocycles. The summed E-state index contributed by atoms with van der Waals surface area (Å²) in [7, 11) is 0. The number of anilines is 1. The molecular formula is C29H30N6O. The van der Waals surface area contributed by atoms with Crippen LogP contribution in [0.5, 0.6) is 0 Å². The van der Waals surface area contributed by atoms with Crippen molar-refractivity contribution in [2.24, 2.45) is 0 Å². The molecule has 1 saturated heterocycles. The fourth-order valence-corrected chi connectivity index (χ4v) is 4.87. The molecule has 5 rings (SSSR count). The van der Waals surface area contributed by atoms with Crippen molar-refractivity contribution in [2.75, 3.05) is 31.1 Å². The number of pyridine rings is 1. The number of hydrogen-bond acceptors (Lipinski definition) is 5. The van der Waals surface area contributed by atoms with Gasteiger partial charge in [-0.25, -0.2) is 9.67 Å². The molecule has 36 heavy (non-hydrogen) atoms. The predicted octanol–water partition coefficient (Wildman–Crippen LogP) is 5.21. The van der Waals surface area contributed by atoms with Crippen LogP contribution in [0.1, 0.15) is 47.8 Å². The van der Waals surface area contributed by atoms with Crippen LogP contribution in [0.2, 0.25) is 0 Å². The monoisotopic (exact) mass is 478 g/mol. The Balaban J connectivity index is 1.48. The maximum atomic E-state index is 13.9. The second kappa shape index (κ2) is 9.82. The van der Waals surface area contributed by atoms with Gasteiger partial charge in [-0.15, -0.1) is 0 Å². The Labute approximate surface area is 211 Å². The zero-order chi connectivity index (χ0) is 25.2. The van der Waals surface area contributed by atoms with Gasteiger partial charge in [0.1, 0.15) is 0 Å². The van der Waals surface area contributed by atoms with E-state index in [1.54, 1.807) is 6.20 Å². The van der Waals surface area contributed by atoms with Crippen molar-refractivity contribution in [3.05, 3.63) is 77.5 Å². The molecule has 0 N–H and O–H groups in total. The lowest BCUT2D eigenvalue weighted by atomic mass is 10.0. The highest BCUT2D eigenvalue weighted by atomic mass is 16.2. The summed E-state index contributed by atoms with van der Waals surface area (Å²) in [6.45, 7) is 9.12. The second-order valence-corrected chi connectivity index (χ2v) is 9.58. The summed E-state index contributed by atoms with van der Waals surface area (Å²) in [4.78, 5) is 23.1. The van der Waals surface area contributed by atoms with Gasteiger partial charge in [0.05, 0.1) is 34.5 Å². The third-order valence-electron chi connectivity index (χ3n) is 6.85. The Hall–Kier alpha value is -4.18. The van der Waals surface area contributed by atoms with E-state index in [1.165, 1.54) is 0 Å². The molecule has 0 radical (unpaired) electrons. The van der Waals surface area contributed by atoms with E-state index >= 15 is 0 Å². The number of nitrogens with zero attached hydrogens (tertiary/aromatic N) is 6. The zero-order valence-corrected chi connectivity index (χ0v) is 21.0. The van der Waals surface area contributed by atoms with Gasteiger partial charge >= 0.3 is 0 Å². The summed E-state index contributed by atoms with van der Waals surface area (Å²) in [5.41, 5.74) is 6.05. The number of carbonyl (C=O) groups excluding carboxylic acids is 1. The second-order valence-electron chi connectivity index (χ2n) is 9.58. The Bertz CT molecular complexity index is 1450. The number of nitriles is 1. The van der Waals surface area contributed by atoms with E-state index in [0.717, 1.165) is 53.1 Å². The molecule has 1 fully saturated rings. The average molecular weight is 479 g/mol. The fraction of sp³-hybridized carbons (Fsp3) is 0.310. The molecule has 4 aromatic rings. The van der Waals surface area contributed by atoms with E-state index in [9.17, 15) is 4.79 Å². The molecule has 1 aliphatic heterocycles. The molecule has 1 amide bonds.